The molecule has 0 saturated carbocycles. The molecule has 3 rings (SSSR count). The highest BCUT2D eigenvalue weighted by Gasteiger charge is 2.31. The van der Waals surface area contributed by atoms with E-state index in [9.17, 15) is 0 Å². The zero-order chi connectivity index (χ0) is 17.1. The van der Waals surface area contributed by atoms with Crippen LogP contribution < -0.4 is 10.6 Å². The second kappa shape index (κ2) is 8.09. The molecule has 2 heterocycles. The second-order valence-corrected chi connectivity index (χ2v) is 14.5. The lowest BCUT2D eigenvalue weighted by Crippen LogP contribution is -2.34. The Labute approximate surface area is 152 Å². The summed E-state index contributed by atoms with van der Waals surface area (Å²) in [5, 5.41) is 7.58. The van der Waals surface area contributed by atoms with Crippen molar-refractivity contribution in [1.82, 2.24) is 0 Å². The molecule has 2 N–H and O–H groups in total. The van der Waals surface area contributed by atoms with Gasteiger partial charge in [-0.15, -0.1) is 0 Å². The van der Waals surface area contributed by atoms with Crippen molar-refractivity contribution in [3.8, 4) is 0 Å². The summed E-state index contributed by atoms with van der Waals surface area (Å²) < 4.78 is 0. The minimum absolute atomic E-state index is 0.206. The van der Waals surface area contributed by atoms with Gasteiger partial charge in [0.25, 0.3) is 0 Å². The molecule has 0 aromatic heterocycles. The fraction of sp³-hybridized carbons (Fsp3) is 0.700. The lowest BCUT2D eigenvalue weighted by atomic mass is 9.91. The van der Waals surface area contributed by atoms with Gasteiger partial charge in [0.2, 0.25) is 0 Å². The molecule has 2 aliphatic rings. The minimum atomic E-state index is -0.206. The van der Waals surface area contributed by atoms with Gasteiger partial charge >= 0.3 is 0 Å². The first-order valence-corrected chi connectivity index (χ1v) is 14.0. The number of nitrogens with one attached hydrogen (secondary N) is 2. The highest BCUT2D eigenvalue weighted by Crippen LogP contribution is 2.41. The summed E-state index contributed by atoms with van der Waals surface area (Å²) in [4.78, 5) is 0. The van der Waals surface area contributed by atoms with Crippen molar-refractivity contribution in [3.05, 3.63) is 23.3 Å². The summed E-state index contributed by atoms with van der Waals surface area (Å²) in [5.41, 5.74) is 8.02. The van der Waals surface area contributed by atoms with E-state index in [1.807, 2.05) is 0 Å². The maximum atomic E-state index is 3.79. The van der Waals surface area contributed by atoms with E-state index in [0.717, 1.165) is 11.1 Å². The lowest BCUT2D eigenvalue weighted by Gasteiger charge is -2.37. The maximum Gasteiger partial charge on any atom is 0.0530 e. The van der Waals surface area contributed by atoms with E-state index in [-0.39, 0.29) is 17.6 Å². The average molecular weight is 359 g/mol. The number of hydrogen-bond acceptors (Lipinski definition) is 2. The van der Waals surface area contributed by atoms with E-state index in [1.165, 1.54) is 61.5 Å². The second-order valence-electron chi connectivity index (χ2n) is 7.41. The third kappa shape index (κ3) is 3.45. The summed E-state index contributed by atoms with van der Waals surface area (Å²) in [7, 11) is -0.413. The molecule has 24 heavy (non-hydrogen) atoms. The maximum absolute atomic E-state index is 3.79. The van der Waals surface area contributed by atoms with Gasteiger partial charge in [0.05, 0.1) is 17.6 Å². The van der Waals surface area contributed by atoms with Crippen molar-refractivity contribution in [3.63, 3.8) is 0 Å². The molecule has 2 nitrogen and oxygen atoms in total. The van der Waals surface area contributed by atoms with Crippen molar-refractivity contribution in [2.75, 3.05) is 23.7 Å². The Balaban J connectivity index is 1.87. The summed E-state index contributed by atoms with van der Waals surface area (Å²) in [6.07, 6.45) is 2.66. The van der Waals surface area contributed by atoms with Crippen LogP contribution in [0, 0.1) is 0 Å². The van der Waals surface area contributed by atoms with E-state index in [1.54, 1.807) is 11.1 Å². The predicted octanol–water partition coefficient (Wildman–Crippen LogP) is 5.43. The summed E-state index contributed by atoms with van der Waals surface area (Å²) in [6.45, 7) is 12.0. The molecule has 2 radical (unpaired) electrons. The number of benzene rings is 1. The smallest absolute Gasteiger partial charge is 0.0530 e. The lowest BCUT2D eigenvalue weighted by molar-refractivity contribution is 0.749. The fourth-order valence-corrected chi connectivity index (χ4v) is 9.90. The molecule has 0 fully saturated rings. The van der Waals surface area contributed by atoms with Gasteiger partial charge in [-0.1, -0.05) is 51.9 Å². The molecule has 0 unspecified atom stereocenters. The normalized spacial score (nSPS) is 22.8. The number of anilines is 2. The largest absolute Gasteiger partial charge is 0.385 e. The number of hydrogen-bond donors (Lipinski definition) is 2. The van der Waals surface area contributed by atoms with E-state index in [0.29, 0.717) is 0 Å². The third-order valence-electron chi connectivity index (χ3n) is 6.38. The molecule has 0 spiro atoms. The van der Waals surface area contributed by atoms with Crippen LogP contribution in [-0.2, 0) is 12.8 Å². The van der Waals surface area contributed by atoms with Crippen molar-refractivity contribution in [2.24, 2.45) is 0 Å². The molecule has 0 aliphatic carbocycles. The first kappa shape index (κ1) is 18.1. The van der Waals surface area contributed by atoms with Crippen molar-refractivity contribution in [2.45, 2.75) is 75.8 Å². The Morgan fingerprint density at radius 1 is 0.750 bits per heavy atom. The van der Waals surface area contributed by atoms with Crippen LogP contribution in [-0.4, -0.2) is 30.7 Å². The first-order valence-electron chi connectivity index (χ1n) is 10.0. The highest BCUT2D eigenvalue weighted by atomic mass is 28.3. The zero-order valence-corrected chi connectivity index (χ0v) is 18.0. The summed E-state index contributed by atoms with van der Waals surface area (Å²) >= 11 is 0. The molecule has 1 aromatic rings. The Bertz CT molecular complexity index is 504. The molecule has 0 saturated heterocycles. The van der Waals surface area contributed by atoms with E-state index in [2.05, 4.69) is 50.5 Å². The van der Waals surface area contributed by atoms with Crippen LogP contribution in [0.2, 0.25) is 35.3 Å². The minimum Gasteiger partial charge on any atom is -0.385 e. The van der Waals surface area contributed by atoms with E-state index in [4.69, 9.17) is 0 Å². The van der Waals surface area contributed by atoms with Crippen molar-refractivity contribution in [1.29, 1.82) is 0 Å². The molecule has 1 aromatic carbocycles. The van der Waals surface area contributed by atoms with Crippen LogP contribution in [0.25, 0.3) is 0 Å². The first-order chi connectivity index (χ1) is 11.7. The monoisotopic (exact) mass is 358 g/mol. The van der Waals surface area contributed by atoms with Crippen molar-refractivity contribution < 1.29 is 0 Å². The van der Waals surface area contributed by atoms with Gasteiger partial charge in [-0.3, -0.25) is 0 Å². The molecule has 2 atom stereocenters. The number of fused-ring (bicyclic) bond motifs is 3. The topological polar surface area (TPSA) is 24.1 Å². The Morgan fingerprint density at radius 3 is 1.46 bits per heavy atom. The van der Waals surface area contributed by atoms with Crippen molar-refractivity contribution >= 4 is 29.0 Å². The molecule has 0 amide bonds. The number of rotatable bonds is 6. The third-order valence-corrected chi connectivity index (χ3v) is 13.1. The molecule has 0 bridgehead atoms. The van der Waals surface area contributed by atoms with E-state index < -0.39 is 0 Å². The SMILES string of the molecule is CC[Si](CC)[C@@H]1CNc2ccc3c(c2C1)C[C@@H]([Si](CC)CC)CN3. The summed E-state index contributed by atoms with van der Waals surface area (Å²) in [6, 6.07) is 10.3. The van der Waals surface area contributed by atoms with E-state index >= 15 is 0 Å². The predicted molar refractivity (Wildman–Crippen MR) is 112 cm³/mol. The van der Waals surface area contributed by atoms with Gasteiger partial charge in [-0.2, -0.15) is 0 Å². The van der Waals surface area contributed by atoms with Gasteiger partial charge in [0.15, 0.2) is 0 Å². The Hall–Kier alpha value is -0.746. The molecular weight excluding hydrogens is 324 g/mol. The molecule has 4 heteroatoms. The molecule has 132 valence electrons. The van der Waals surface area contributed by atoms with Crippen LogP contribution >= 0.6 is 0 Å². The van der Waals surface area contributed by atoms with Crippen LogP contribution in [0.1, 0.15) is 38.8 Å². The Morgan fingerprint density at radius 2 is 1.12 bits per heavy atom. The Kier molecular flexibility index (Phi) is 6.09. The standard InChI is InChI=1S/C20H34N2Si2/c1-5-23(6-2)15-11-17-18-12-16(24(7-3)8-4)14-22-20(18)10-9-19(17)21-13-15/h9-10,15-16,21-22H,5-8,11-14H2,1-4H3/t15-,16+. The quantitative estimate of drug-likeness (QED) is 0.662. The fourth-order valence-electron chi connectivity index (χ4n) is 4.83. The zero-order valence-electron chi connectivity index (χ0n) is 16.0. The van der Waals surface area contributed by atoms with Gasteiger partial charge in [0.1, 0.15) is 0 Å². The van der Waals surface area contributed by atoms with Gasteiger partial charge in [0, 0.05) is 24.5 Å². The highest BCUT2D eigenvalue weighted by molar-refractivity contribution is 6.61. The van der Waals surface area contributed by atoms with Gasteiger partial charge < -0.3 is 10.6 Å². The van der Waals surface area contributed by atoms with Crippen LogP contribution in [0.4, 0.5) is 11.4 Å². The molecular formula is C20H34N2Si2. The molecule has 2 aliphatic heterocycles. The van der Waals surface area contributed by atoms with Gasteiger partial charge in [-0.05, 0) is 47.2 Å². The van der Waals surface area contributed by atoms with Crippen LogP contribution in [0.15, 0.2) is 12.1 Å². The van der Waals surface area contributed by atoms with Crippen LogP contribution in [0.5, 0.6) is 0 Å². The summed E-state index contributed by atoms with van der Waals surface area (Å²) in [5.74, 6) is 0. The van der Waals surface area contributed by atoms with Crippen LogP contribution in [0.3, 0.4) is 0 Å². The average Bonchev–Trinajstić information content (AvgIpc) is 2.63. The van der Waals surface area contributed by atoms with Gasteiger partial charge in [-0.25, -0.2) is 0 Å².